The van der Waals surface area contributed by atoms with Gasteiger partial charge < -0.3 is 4.42 Å². The van der Waals surface area contributed by atoms with Gasteiger partial charge >= 0.3 is 0 Å². The van der Waals surface area contributed by atoms with Gasteiger partial charge in [-0.1, -0.05) is 19.1 Å². The molecular formula is C10H11NO. The average molecular weight is 161 g/mol. The van der Waals surface area contributed by atoms with Gasteiger partial charge in [0.25, 0.3) is 0 Å². The third-order valence-corrected chi connectivity index (χ3v) is 2.15. The fourth-order valence-corrected chi connectivity index (χ4v) is 1.41. The molecule has 2 aromatic rings. The van der Waals surface area contributed by atoms with Gasteiger partial charge in [0.1, 0.15) is 5.52 Å². The first-order chi connectivity index (χ1) is 5.83. The molecule has 2 heteroatoms. The first-order valence-corrected chi connectivity index (χ1v) is 4.14. The Balaban J connectivity index is 2.82. The molecule has 0 saturated carbocycles. The summed E-state index contributed by atoms with van der Waals surface area (Å²) in [7, 11) is 0. The van der Waals surface area contributed by atoms with E-state index >= 15 is 0 Å². The highest BCUT2D eigenvalue weighted by molar-refractivity contribution is 5.79. The predicted octanol–water partition coefficient (Wildman–Crippen LogP) is 2.70. The van der Waals surface area contributed by atoms with Crippen molar-refractivity contribution >= 4 is 11.1 Å². The summed E-state index contributed by atoms with van der Waals surface area (Å²) >= 11 is 0. The van der Waals surface area contributed by atoms with Crippen LogP contribution >= 0.6 is 0 Å². The van der Waals surface area contributed by atoms with Crippen LogP contribution in [0.4, 0.5) is 0 Å². The van der Waals surface area contributed by atoms with Gasteiger partial charge in [-0.3, -0.25) is 0 Å². The first-order valence-electron chi connectivity index (χ1n) is 4.14. The van der Waals surface area contributed by atoms with Crippen LogP contribution in [0.1, 0.15) is 18.1 Å². The summed E-state index contributed by atoms with van der Waals surface area (Å²) in [6.07, 6.45) is 2.50. The van der Waals surface area contributed by atoms with Crippen LogP contribution in [0.25, 0.3) is 11.1 Å². The fraction of sp³-hybridized carbons (Fsp3) is 0.300. The summed E-state index contributed by atoms with van der Waals surface area (Å²) in [5.74, 6) is 0. The number of rotatable bonds is 1. The lowest BCUT2D eigenvalue weighted by molar-refractivity contribution is 0.598. The third-order valence-electron chi connectivity index (χ3n) is 2.15. The molecule has 0 unspecified atom stereocenters. The van der Waals surface area contributed by atoms with Gasteiger partial charge in [0.2, 0.25) is 0 Å². The summed E-state index contributed by atoms with van der Waals surface area (Å²) in [4.78, 5) is 4.16. The second-order valence-electron chi connectivity index (χ2n) is 2.93. The maximum absolute atomic E-state index is 5.31. The number of fused-ring (bicyclic) bond motifs is 1. The van der Waals surface area contributed by atoms with Crippen LogP contribution in [0, 0.1) is 6.92 Å². The number of aryl methyl sites for hydroxylation is 2. The SMILES string of the molecule is CCc1ccc(C)c2ncoc12. The normalized spacial score (nSPS) is 10.8. The van der Waals surface area contributed by atoms with E-state index in [1.807, 2.05) is 6.92 Å². The number of hydrogen-bond donors (Lipinski definition) is 0. The van der Waals surface area contributed by atoms with Gasteiger partial charge in [-0.05, 0) is 24.5 Å². The minimum absolute atomic E-state index is 0.942. The zero-order valence-electron chi connectivity index (χ0n) is 7.29. The van der Waals surface area contributed by atoms with E-state index in [0.717, 1.165) is 17.5 Å². The highest BCUT2D eigenvalue weighted by Gasteiger charge is 2.05. The van der Waals surface area contributed by atoms with Gasteiger partial charge in [0, 0.05) is 0 Å². The van der Waals surface area contributed by atoms with E-state index < -0.39 is 0 Å². The van der Waals surface area contributed by atoms with Crippen LogP contribution in [-0.4, -0.2) is 4.98 Å². The molecule has 1 heterocycles. The Labute approximate surface area is 71.2 Å². The zero-order chi connectivity index (χ0) is 8.55. The highest BCUT2D eigenvalue weighted by atomic mass is 16.3. The average Bonchev–Trinajstić information content (AvgIpc) is 2.54. The van der Waals surface area contributed by atoms with Gasteiger partial charge in [0.15, 0.2) is 12.0 Å². The molecule has 0 aliphatic rings. The minimum atomic E-state index is 0.942. The molecule has 0 aliphatic carbocycles. The van der Waals surface area contributed by atoms with Crippen LogP contribution in [0.2, 0.25) is 0 Å². The standard InChI is InChI=1S/C10H11NO/c1-3-8-5-4-7(2)9-10(8)12-6-11-9/h4-6H,3H2,1-2H3. The van der Waals surface area contributed by atoms with Crippen molar-refractivity contribution < 1.29 is 4.42 Å². The Kier molecular flexibility index (Phi) is 1.61. The molecule has 2 rings (SSSR count). The molecule has 0 N–H and O–H groups in total. The topological polar surface area (TPSA) is 26.0 Å². The Bertz CT molecular complexity index is 403. The van der Waals surface area contributed by atoms with Crippen molar-refractivity contribution in [2.75, 3.05) is 0 Å². The zero-order valence-corrected chi connectivity index (χ0v) is 7.29. The van der Waals surface area contributed by atoms with Gasteiger partial charge in [-0.2, -0.15) is 0 Å². The molecule has 0 amide bonds. The maximum atomic E-state index is 5.31. The van der Waals surface area contributed by atoms with Crippen molar-refractivity contribution in [2.24, 2.45) is 0 Å². The maximum Gasteiger partial charge on any atom is 0.182 e. The molecule has 0 atom stereocenters. The predicted molar refractivity (Wildman–Crippen MR) is 48.1 cm³/mol. The molecule has 0 fully saturated rings. The fourth-order valence-electron chi connectivity index (χ4n) is 1.41. The van der Waals surface area contributed by atoms with E-state index in [0.29, 0.717) is 0 Å². The number of aromatic nitrogens is 1. The third kappa shape index (κ3) is 0.916. The monoisotopic (exact) mass is 161 g/mol. The smallest absolute Gasteiger partial charge is 0.182 e. The molecule has 1 aromatic heterocycles. The molecule has 0 spiro atoms. The number of benzene rings is 1. The summed E-state index contributed by atoms with van der Waals surface area (Å²) in [6.45, 7) is 4.16. The number of nitrogens with zero attached hydrogens (tertiary/aromatic N) is 1. The van der Waals surface area contributed by atoms with Crippen molar-refractivity contribution in [1.29, 1.82) is 0 Å². The second kappa shape index (κ2) is 2.63. The Morgan fingerprint density at radius 2 is 2.25 bits per heavy atom. The van der Waals surface area contributed by atoms with Crippen molar-refractivity contribution in [3.05, 3.63) is 29.7 Å². The van der Waals surface area contributed by atoms with E-state index in [4.69, 9.17) is 4.42 Å². The van der Waals surface area contributed by atoms with Crippen molar-refractivity contribution in [3.8, 4) is 0 Å². The quantitative estimate of drug-likeness (QED) is 0.642. The summed E-state index contributed by atoms with van der Waals surface area (Å²) in [5.41, 5.74) is 4.34. The van der Waals surface area contributed by atoms with Crippen LogP contribution in [0.15, 0.2) is 22.9 Å². The molecule has 0 bridgehead atoms. The van der Waals surface area contributed by atoms with Gasteiger partial charge in [0.05, 0.1) is 0 Å². The molecular weight excluding hydrogens is 150 g/mol. The lowest BCUT2D eigenvalue weighted by Gasteiger charge is -1.98. The van der Waals surface area contributed by atoms with E-state index in [9.17, 15) is 0 Å². The molecule has 0 radical (unpaired) electrons. The lowest BCUT2D eigenvalue weighted by Crippen LogP contribution is -1.83. The highest BCUT2D eigenvalue weighted by Crippen LogP contribution is 2.21. The van der Waals surface area contributed by atoms with E-state index in [1.165, 1.54) is 17.5 Å². The van der Waals surface area contributed by atoms with Crippen LogP contribution in [-0.2, 0) is 6.42 Å². The number of oxazole rings is 1. The molecule has 1 aromatic carbocycles. The summed E-state index contributed by atoms with van der Waals surface area (Å²) in [6, 6.07) is 4.19. The van der Waals surface area contributed by atoms with Gasteiger partial charge in [-0.15, -0.1) is 0 Å². The Morgan fingerprint density at radius 3 is 3.00 bits per heavy atom. The van der Waals surface area contributed by atoms with E-state index in [2.05, 4.69) is 24.0 Å². The first kappa shape index (κ1) is 7.35. The summed E-state index contributed by atoms with van der Waals surface area (Å²) in [5, 5.41) is 0. The minimum Gasteiger partial charge on any atom is -0.443 e. The lowest BCUT2D eigenvalue weighted by atomic mass is 10.1. The molecule has 2 nitrogen and oxygen atoms in total. The Morgan fingerprint density at radius 1 is 1.42 bits per heavy atom. The molecule has 0 saturated heterocycles. The largest absolute Gasteiger partial charge is 0.443 e. The Hall–Kier alpha value is -1.31. The van der Waals surface area contributed by atoms with E-state index in [-0.39, 0.29) is 0 Å². The molecule has 0 aliphatic heterocycles. The van der Waals surface area contributed by atoms with Crippen LogP contribution < -0.4 is 0 Å². The van der Waals surface area contributed by atoms with Gasteiger partial charge in [-0.25, -0.2) is 4.98 Å². The van der Waals surface area contributed by atoms with Crippen LogP contribution in [0.3, 0.4) is 0 Å². The number of hydrogen-bond acceptors (Lipinski definition) is 2. The summed E-state index contributed by atoms with van der Waals surface area (Å²) < 4.78 is 5.31. The molecule has 12 heavy (non-hydrogen) atoms. The van der Waals surface area contributed by atoms with Crippen molar-refractivity contribution in [3.63, 3.8) is 0 Å². The van der Waals surface area contributed by atoms with Crippen molar-refractivity contribution in [2.45, 2.75) is 20.3 Å². The second-order valence-corrected chi connectivity index (χ2v) is 2.93. The molecule has 62 valence electrons. The van der Waals surface area contributed by atoms with E-state index in [1.54, 1.807) is 0 Å². The van der Waals surface area contributed by atoms with Crippen LogP contribution in [0.5, 0.6) is 0 Å². The van der Waals surface area contributed by atoms with Crippen molar-refractivity contribution in [1.82, 2.24) is 4.98 Å².